The molecule has 0 saturated heterocycles. The van der Waals surface area contributed by atoms with E-state index in [4.69, 9.17) is 4.74 Å². The fraction of sp³-hybridized carbons (Fsp3) is 0.286. The molecule has 0 heterocycles. The number of esters is 1. The number of hydrogen-bond donors (Lipinski definition) is 3. The third kappa shape index (κ3) is 7.27. The van der Waals surface area contributed by atoms with Gasteiger partial charge in [-0.3, -0.25) is 9.59 Å². The number of amides is 2. The lowest BCUT2D eigenvalue weighted by Gasteiger charge is -2.10. The number of benzene rings is 2. The second-order valence-electron chi connectivity index (χ2n) is 6.15. The molecule has 0 fully saturated rings. The topological polar surface area (TPSA) is 106 Å². The van der Waals surface area contributed by atoms with Crippen LogP contribution in [0.3, 0.4) is 0 Å². The van der Waals surface area contributed by atoms with E-state index in [9.17, 15) is 14.4 Å². The normalized spacial score (nSPS) is 10.1. The van der Waals surface area contributed by atoms with E-state index >= 15 is 0 Å². The first kappa shape index (κ1) is 21.9. The molecule has 0 bridgehead atoms. The van der Waals surface area contributed by atoms with Crippen molar-refractivity contribution in [1.29, 1.82) is 0 Å². The molecular formula is C21H25N3O5. The van der Waals surface area contributed by atoms with Gasteiger partial charge < -0.3 is 25.4 Å². The number of carbonyl (C=O) groups is 3. The Morgan fingerprint density at radius 1 is 0.931 bits per heavy atom. The molecule has 0 aliphatic carbocycles. The van der Waals surface area contributed by atoms with E-state index in [0.29, 0.717) is 35.7 Å². The smallest absolute Gasteiger partial charge is 0.337 e. The van der Waals surface area contributed by atoms with Crippen LogP contribution in [0.2, 0.25) is 0 Å². The molecule has 0 spiro atoms. The molecule has 154 valence electrons. The first-order valence-electron chi connectivity index (χ1n) is 9.13. The zero-order valence-corrected chi connectivity index (χ0v) is 16.5. The molecule has 0 atom stereocenters. The summed E-state index contributed by atoms with van der Waals surface area (Å²) in [5, 5.41) is 8.53. The van der Waals surface area contributed by atoms with Crippen LogP contribution >= 0.6 is 0 Å². The van der Waals surface area contributed by atoms with E-state index in [1.54, 1.807) is 55.6 Å². The molecule has 2 aromatic carbocycles. The Kier molecular flexibility index (Phi) is 8.65. The first-order valence-corrected chi connectivity index (χ1v) is 9.13. The molecule has 0 unspecified atom stereocenters. The standard InChI is InChI=1S/C21H25N3O5/c1-28-12-4-11-22-20(26)16-5-3-6-18(13-16)23-14-19(25)24-17-9-7-15(8-10-17)21(27)29-2/h3,5-10,13,23H,4,11-12,14H2,1-2H3,(H,22,26)(H,24,25). The minimum atomic E-state index is -0.438. The van der Waals surface area contributed by atoms with Crippen molar-refractivity contribution in [2.75, 3.05) is 44.5 Å². The highest BCUT2D eigenvalue weighted by Crippen LogP contribution is 2.12. The van der Waals surface area contributed by atoms with Gasteiger partial charge in [0.25, 0.3) is 5.91 Å². The van der Waals surface area contributed by atoms with Crippen molar-refractivity contribution < 1.29 is 23.9 Å². The summed E-state index contributed by atoms with van der Waals surface area (Å²) in [7, 11) is 2.92. The highest BCUT2D eigenvalue weighted by molar-refractivity contribution is 5.96. The van der Waals surface area contributed by atoms with Crippen molar-refractivity contribution in [3.63, 3.8) is 0 Å². The van der Waals surface area contributed by atoms with Crippen LogP contribution in [-0.4, -0.2) is 51.7 Å². The Balaban J connectivity index is 1.83. The zero-order valence-electron chi connectivity index (χ0n) is 16.5. The van der Waals surface area contributed by atoms with Crippen LogP contribution in [0.5, 0.6) is 0 Å². The van der Waals surface area contributed by atoms with Crippen LogP contribution in [0.25, 0.3) is 0 Å². The molecule has 29 heavy (non-hydrogen) atoms. The fourth-order valence-corrected chi connectivity index (χ4v) is 2.49. The maximum atomic E-state index is 12.1. The minimum absolute atomic E-state index is 0.0255. The Hall–Kier alpha value is -3.39. The number of carbonyl (C=O) groups excluding carboxylic acids is 3. The fourth-order valence-electron chi connectivity index (χ4n) is 2.49. The van der Waals surface area contributed by atoms with Gasteiger partial charge in [-0.05, 0) is 48.9 Å². The van der Waals surface area contributed by atoms with E-state index < -0.39 is 5.97 Å². The number of hydrogen-bond acceptors (Lipinski definition) is 6. The molecule has 0 aliphatic rings. The molecule has 0 aliphatic heterocycles. The van der Waals surface area contributed by atoms with Crippen molar-refractivity contribution in [3.05, 3.63) is 59.7 Å². The lowest BCUT2D eigenvalue weighted by Crippen LogP contribution is -2.25. The van der Waals surface area contributed by atoms with Gasteiger partial charge in [-0.2, -0.15) is 0 Å². The van der Waals surface area contributed by atoms with Gasteiger partial charge in [-0.15, -0.1) is 0 Å². The third-order valence-corrected chi connectivity index (χ3v) is 3.98. The monoisotopic (exact) mass is 399 g/mol. The lowest BCUT2D eigenvalue weighted by molar-refractivity contribution is -0.114. The minimum Gasteiger partial charge on any atom is -0.465 e. The van der Waals surface area contributed by atoms with Crippen LogP contribution in [0, 0.1) is 0 Å². The van der Waals surface area contributed by atoms with Gasteiger partial charge in [0.15, 0.2) is 0 Å². The van der Waals surface area contributed by atoms with E-state index in [-0.39, 0.29) is 18.4 Å². The highest BCUT2D eigenvalue weighted by Gasteiger charge is 2.08. The second-order valence-corrected chi connectivity index (χ2v) is 6.15. The van der Waals surface area contributed by atoms with Crippen molar-refractivity contribution in [1.82, 2.24) is 5.32 Å². The first-order chi connectivity index (χ1) is 14.0. The quantitative estimate of drug-likeness (QED) is 0.418. The molecule has 0 saturated carbocycles. The maximum Gasteiger partial charge on any atom is 0.337 e. The Morgan fingerprint density at radius 2 is 1.69 bits per heavy atom. The molecule has 8 nitrogen and oxygen atoms in total. The molecule has 2 aromatic rings. The van der Waals surface area contributed by atoms with Gasteiger partial charge in [-0.1, -0.05) is 6.07 Å². The van der Waals surface area contributed by atoms with Crippen LogP contribution in [0.15, 0.2) is 48.5 Å². The summed E-state index contributed by atoms with van der Waals surface area (Å²) >= 11 is 0. The van der Waals surface area contributed by atoms with Gasteiger partial charge in [-0.25, -0.2) is 4.79 Å². The molecule has 0 radical (unpaired) electrons. The molecular weight excluding hydrogens is 374 g/mol. The summed E-state index contributed by atoms with van der Waals surface area (Å²) in [6, 6.07) is 13.3. The predicted molar refractivity (Wildman–Crippen MR) is 110 cm³/mol. The Morgan fingerprint density at radius 3 is 2.38 bits per heavy atom. The number of rotatable bonds is 10. The SMILES string of the molecule is COCCCNC(=O)c1cccc(NCC(=O)Nc2ccc(C(=O)OC)cc2)c1. The summed E-state index contributed by atoms with van der Waals surface area (Å²) in [5.41, 5.74) is 2.13. The molecule has 2 amide bonds. The average Bonchev–Trinajstić information content (AvgIpc) is 2.75. The number of anilines is 2. The summed E-state index contributed by atoms with van der Waals surface area (Å²) in [6.07, 6.45) is 0.737. The lowest BCUT2D eigenvalue weighted by atomic mass is 10.2. The number of ether oxygens (including phenoxy) is 2. The summed E-state index contributed by atoms with van der Waals surface area (Å²) < 4.78 is 9.58. The molecule has 3 N–H and O–H groups in total. The van der Waals surface area contributed by atoms with Gasteiger partial charge in [0.2, 0.25) is 5.91 Å². The van der Waals surface area contributed by atoms with Crippen LogP contribution in [-0.2, 0) is 14.3 Å². The van der Waals surface area contributed by atoms with E-state index in [1.165, 1.54) is 7.11 Å². The van der Waals surface area contributed by atoms with Crippen molar-refractivity contribution in [2.24, 2.45) is 0 Å². The molecule has 2 rings (SSSR count). The molecule has 8 heteroatoms. The maximum absolute atomic E-state index is 12.1. The van der Waals surface area contributed by atoms with E-state index in [2.05, 4.69) is 20.7 Å². The van der Waals surface area contributed by atoms with Crippen molar-refractivity contribution in [2.45, 2.75) is 6.42 Å². The average molecular weight is 399 g/mol. The van der Waals surface area contributed by atoms with Gasteiger partial charge >= 0.3 is 5.97 Å². The highest BCUT2D eigenvalue weighted by atomic mass is 16.5. The number of methoxy groups -OCH3 is 2. The van der Waals surface area contributed by atoms with Crippen LogP contribution < -0.4 is 16.0 Å². The molecule has 0 aromatic heterocycles. The summed E-state index contributed by atoms with van der Waals surface area (Å²) in [4.78, 5) is 35.7. The zero-order chi connectivity index (χ0) is 21.1. The third-order valence-electron chi connectivity index (χ3n) is 3.98. The Bertz CT molecular complexity index is 836. The van der Waals surface area contributed by atoms with Crippen LogP contribution in [0.4, 0.5) is 11.4 Å². The van der Waals surface area contributed by atoms with Gasteiger partial charge in [0, 0.05) is 37.2 Å². The van der Waals surface area contributed by atoms with E-state index in [1.807, 2.05) is 0 Å². The number of nitrogens with one attached hydrogen (secondary N) is 3. The van der Waals surface area contributed by atoms with Gasteiger partial charge in [0.05, 0.1) is 19.2 Å². The van der Waals surface area contributed by atoms with E-state index in [0.717, 1.165) is 6.42 Å². The van der Waals surface area contributed by atoms with Crippen molar-refractivity contribution in [3.8, 4) is 0 Å². The summed E-state index contributed by atoms with van der Waals surface area (Å²) in [6.45, 7) is 1.14. The van der Waals surface area contributed by atoms with Crippen LogP contribution in [0.1, 0.15) is 27.1 Å². The van der Waals surface area contributed by atoms with Crippen molar-refractivity contribution >= 4 is 29.2 Å². The Labute approximate surface area is 169 Å². The second kappa shape index (κ2) is 11.5. The van der Waals surface area contributed by atoms with Gasteiger partial charge in [0.1, 0.15) is 0 Å². The summed E-state index contributed by atoms with van der Waals surface area (Å²) in [5.74, 6) is -0.878. The largest absolute Gasteiger partial charge is 0.465 e. The predicted octanol–water partition coefficient (Wildman–Crippen LogP) is 2.29.